The lowest BCUT2D eigenvalue weighted by Gasteiger charge is -2.10. The van der Waals surface area contributed by atoms with Gasteiger partial charge in [0.25, 0.3) is 0 Å². The molecule has 6 nitrogen and oxygen atoms in total. The summed E-state index contributed by atoms with van der Waals surface area (Å²) in [7, 11) is 2.03. The number of thioether (sulfide) groups is 1. The Morgan fingerprint density at radius 1 is 1.30 bits per heavy atom. The summed E-state index contributed by atoms with van der Waals surface area (Å²) in [4.78, 5) is 12.9. The van der Waals surface area contributed by atoms with E-state index in [-0.39, 0.29) is 10.9 Å². The maximum atomic E-state index is 8.96. The minimum atomic E-state index is 0.0493. The van der Waals surface area contributed by atoms with Crippen LogP contribution in [0.25, 0.3) is 10.9 Å². The minimum absolute atomic E-state index is 0.0493. The molecule has 23 heavy (non-hydrogen) atoms. The van der Waals surface area contributed by atoms with E-state index in [2.05, 4.69) is 38.6 Å². The molecular formula is C16H16N6S. The van der Waals surface area contributed by atoms with Crippen LogP contribution in [-0.2, 0) is 7.05 Å². The molecule has 3 aromatic heterocycles. The van der Waals surface area contributed by atoms with Crippen molar-refractivity contribution in [2.24, 2.45) is 7.05 Å². The van der Waals surface area contributed by atoms with Gasteiger partial charge in [0, 0.05) is 24.2 Å². The lowest BCUT2D eigenvalue weighted by atomic mass is 10.2. The average molecular weight is 324 g/mol. The zero-order valence-corrected chi connectivity index (χ0v) is 13.9. The number of nitriles is 1. The van der Waals surface area contributed by atoms with E-state index in [0.29, 0.717) is 11.0 Å². The number of rotatable bonds is 3. The molecular weight excluding hydrogens is 308 g/mol. The Morgan fingerprint density at radius 3 is 2.83 bits per heavy atom. The summed E-state index contributed by atoms with van der Waals surface area (Å²) in [5.41, 5.74) is 9.22. The van der Waals surface area contributed by atoms with E-state index in [1.54, 1.807) is 0 Å². The lowest BCUT2D eigenvalue weighted by molar-refractivity contribution is 0.909. The maximum Gasteiger partial charge on any atom is 0.191 e. The minimum Gasteiger partial charge on any atom is -0.384 e. The van der Waals surface area contributed by atoms with Crippen molar-refractivity contribution in [2.45, 2.75) is 24.3 Å². The Bertz CT molecular complexity index is 924. The summed E-state index contributed by atoms with van der Waals surface area (Å²) in [6.07, 6.45) is 1.88. The third kappa shape index (κ3) is 2.98. The van der Waals surface area contributed by atoms with E-state index < -0.39 is 0 Å². The Balaban J connectivity index is 1.90. The fourth-order valence-corrected chi connectivity index (χ4v) is 3.26. The van der Waals surface area contributed by atoms with Crippen LogP contribution in [0.3, 0.4) is 0 Å². The van der Waals surface area contributed by atoms with Crippen LogP contribution in [0.1, 0.15) is 29.3 Å². The summed E-state index contributed by atoms with van der Waals surface area (Å²) < 4.78 is 2.12. The lowest BCUT2D eigenvalue weighted by Crippen LogP contribution is -2.00. The summed E-state index contributed by atoms with van der Waals surface area (Å²) in [6, 6.07) is 7.68. The summed E-state index contributed by atoms with van der Waals surface area (Å²) in [6.45, 7) is 4.11. The highest BCUT2D eigenvalue weighted by atomic mass is 32.2. The Kier molecular flexibility index (Phi) is 3.92. The van der Waals surface area contributed by atoms with Crippen molar-refractivity contribution >= 4 is 28.5 Å². The van der Waals surface area contributed by atoms with E-state index in [1.807, 2.05) is 26.2 Å². The monoisotopic (exact) mass is 324 g/mol. The first-order valence-electron chi connectivity index (χ1n) is 7.11. The molecule has 0 saturated carbocycles. The molecule has 1 atom stereocenters. The predicted molar refractivity (Wildman–Crippen MR) is 90.9 cm³/mol. The largest absolute Gasteiger partial charge is 0.384 e. The van der Waals surface area contributed by atoms with E-state index in [4.69, 9.17) is 11.0 Å². The second-order valence-corrected chi connectivity index (χ2v) is 6.65. The van der Waals surface area contributed by atoms with Gasteiger partial charge in [-0.05, 0) is 26.0 Å². The predicted octanol–water partition coefficient (Wildman–Crippen LogP) is 2.98. The number of aryl methyl sites for hydroxylation is 2. The van der Waals surface area contributed by atoms with Crippen molar-refractivity contribution in [2.75, 3.05) is 5.73 Å². The van der Waals surface area contributed by atoms with Crippen molar-refractivity contribution in [3.8, 4) is 6.07 Å². The van der Waals surface area contributed by atoms with E-state index >= 15 is 0 Å². The number of hydrogen-bond donors (Lipinski definition) is 1. The summed E-state index contributed by atoms with van der Waals surface area (Å²) >= 11 is 1.44. The number of fused-ring (bicyclic) bond motifs is 1. The molecule has 7 heteroatoms. The zero-order chi connectivity index (χ0) is 16.6. The molecule has 3 rings (SSSR count). The van der Waals surface area contributed by atoms with Crippen LogP contribution in [0.15, 0.2) is 29.6 Å². The Labute approximate surface area is 138 Å². The number of nitrogens with two attached hydrogens (primary N) is 1. The molecule has 0 bridgehead atoms. The fraction of sp³-hybridized carbons (Fsp3) is 0.250. The van der Waals surface area contributed by atoms with Crippen LogP contribution in [-0.4, -0.2) is 19.5 Å². The van der Waals surface area contributed by atoms with Gasteiger partial charge in [-0.15, -0.1) is 0 Å². The number of anilines is 1. The highest BCUT2D eigenvalue weighted by Crippen LogP contribution is 2.33. The molecule has 0 amide bonds. The van der Waals surface area contributed by atoms with E-state index in [9.17, 15) is 0 Å². The highest BCUT2D eigenvalue weighted by Gasteiger charge is 2.14. The average Bonchev–Trinajstić information content (AvgIpc) is 2.80. The molecule has 0 aromatic carbocycles. The molecule has 0 aliphatic carbocycles. The Hall–Kier alpha value is -2.59. The normalized spacial score (nSPS) is 12.3. The SMILES string of the molecule is Cc1cc2cc(C(C)Sc3nc(N)cc(C#N)n3)ncc2n1C. The van der Waals surface area contributed by atoms with Gasteiger partial charge in [0.2, 0.25) is 0 Å². The van der Waals surface area contributed by atoms with Crippen LogP contribution in [0, 0.1) is 18.3 Å². The first kappa shape index (κ1) is 15.3. The van der Waals surface area contributed by atoms with Gasteiger partial charge in [-0.1, -0.05) is 11.8 Å². The van der Waals surface area contributed by atoms with Crippen molar-refractivity contribution < 1.29 is 0 Å². The third-order valence-electron chi connectivity index (χ3n) is 3.73. The second-order valence-electron chi connectivity index (χ2n) is 5.35. The molecule has 0 radical (unpaired) electrons. The van der Waals surface area contributed by atoms with Crippen LogP contribution < -0.4 is 5.73 Å². The van der Waals surface area contributed by atoms with Gasteiger partial charge in [-0.25, -0.2) is 9.97 Å². The molecule has 3 aromatic rings. The van der Waals surface area contributed by atoms with E-state index in [0.717, 1.165) is 16.6 Å². The molecule has 0 saturated heterocycles. The first-order valence-corrected chi connectivity index (χ1v) is 7.99. The van der Waals surface area contributed by atoms with Gasteiger partial charge in [0.1, 0.15) is 17.6 Å². The van der Waals surface area contributed by atoms with Crippen LogP contribution in [0.4, 0.5) is 5.82 Å². The number of hydrogen-bond acceptors (Lipinski definition) is 6. The van der Waals surface area contributed by atoms with E-state index in [1.165, 1.54) is 23.5 Å². The van der Waals surface area contributed by atoms with Gasteiger partial charge in [0.05, 0.1) is 22.7 Å². The van der Waals surface area contributed by atoms with Crippen LogP contribution in [0.5, 0.6) is 0 Å². The second kappa shape index (κ2) is 5.89. The number of nitrogen functional groups attached to an aromatic ring is 1. The van der Waals surface area contributed by atoms with Gasteiger partial charge in [-0.3, -0.25) is 4.98 Å². The number of pyridine rings is 1. The molecule has 0 aliphatic rings. The van der Waals surface area contributed by atoms with Crippen molar-refractivity contribution in [1.82, 2.24) is 19.5 Å². The standard InChI is InChI=1S/C16H16N6S/c1-9-4-11-5-13(19-8-14(11)22(9)3)10(2)23-16-20-12(7-17)6-15(18)21-16/h4-6,8,10H,1-3H3,(H2,18,20,21). The van der Waals surface area contributed by atoms with Crippen LogP contribution in [0.2, 0.25) is 0 Å². The van der Waals surface area contributed by atoms with Gasteiger partial charge in [-0.2, -0.15) is 5.26 Å². The fourth-order valence-electron chi connectivity index (χ4n) is 2.38. The molecule has 116 valence electrons. The molecule has 2 N–H and O–H groups in total. The van der Waals surface area contributed by atoms with Crippen LogP contribution >= 0.6 is 11.8 Å². The highest BCUT2D eigenvalue weighted by molar-refractivity contribution is 7.99. The molecule has 1 unspecified atom stereocenters. The Morgan fingerprint density at radius 2 is 2.09 bits per heavy atom. The molecule has 0 spiro atoms. The molecule has 0 fully saturated rings. The van der Waals surface area contributed by atoms with Gasteiger partial charge in [0.15, 0.2) is 5.16 Å². The number of nitrogens with zero attached hydrogens (tertiary/aromatic N) is 5. The van der Waals surface area contributed by atoms with Crippen molar-refractivity contribution in [3.63, 3.8) is 0 Å². The smallest absolute Gasteiger partial charge is 0.191 e. The van der Waals surface area contributed by atoms with Crippen molar-refractivity contribution in [1.29, 1.82) is 5.26 Å². The third-order valence-corrected chi connectivity index (χ3v) is 4.72. The molecule has 0 aliphatic heterocycles. The quantitative estimate of drug-likeness (QED) is 0.588. The first-order chi connectivity index (χ1) is 11.0. The summed E-state index contributed by atoms with van der Waals surface area (Å²) in [5.74, 6) is 0.299. The number of aromatic nitrogens is 4. The summed E-state index contributed by atoms with van der Waals surface area (Å²) in [5, 5.41) is 10.7. The molecule has 3 heterocycles. The zero-order valence-electron chi connectivity index (χ0n) is 13.1. The topological polar surface area (TPSA) is 93.4 Å². The van der Waals surface area contributed by atoms with Crippen molar-refractivity contribution in [3.05, 3.63) is 41.5 Å². The van der Waals surface area contributed by atoms with Gasteiger partial charge >= 0.3 is 0 Å². The van der Waals surface area contributed by atoms with Gasteiger partial charge < -0.3 is 10.3 Å². The maximum absolute atomic E-state index is 8.96.